The fraction of sp³-hybridized carbons (Fsp3) is 0.500. The molecule has 0 spiro atoms. The summed E-state index contributed by atoms with van der Waals surface area (Å²) < 4.78 is 0. The van der Waals surface area contributed by atoms with Gasteiger partial charge in [-0.25, -0.2) is 4.99 Å². The Morgan fingerprint density at radius 3 is 2.52 bits per heavy atom. The molecule has 0 bridgehead atoms. The summed E-state index contributed by atoms with van der Waals surface area (Å²) >= 11 is 0. The second-order valence-corrected chi connectivity index (χ2v) is 5.08. The Morgan fingerprint density at radius 2 is 1.90 bits per heavy atom. The molecule has 5 heteroatoms. The third-order valence-corrected chi connectivity index (χ3v) is 2.73. The lowest BCUT2D eigenvalue weighted by atomic mass is 10.1. The van der Waals surface area contributed by atoms with Crippen LogP contribution in [0.1, 0.15) is 26.3 Å². The fourth-order valence-electron chi connectivity index (χ4n) is 1.79. The summed E-state index contributed by atoms with van der Waals surface area (Å²) in [4.78, 5) is 16.0. The lowest BCUT2D eigenvalue weighted by molar-refractivity contribution is -0.119. The number of carbonyl (C=O) groups is 1. The van der Waals surface area contributed by atoms with Crippen LogP contribution in [0.15, 0.2) is 35.3 Å². The summed E-state index contributed by atoms with van der Waals surface area (Å²) in [6, 6.07) is 10.4. The normalized spacial score (nSPS) is 11.3. The highest BCUT2D eigenvalue weighted by Crippen LogP contribution is 1.97. The van der Waals surface area contributed by atoms with E-state index in [1.54, 1.807) is 0 Å². The van der Waals surface area contributed by atoms with Gasteiger partial charge in [0.15, 0.2) is 5.96 Å². The molecular weight excluding hydrogens is 264 g/mol. The predicted octanol–water partition coefficient (Wildman–Crippen LogP) is 1.31. The van der Waals surface area contributed by atoms with E-state index in [4.69, 9.17) is 0 Å². The molecule has 5 nitrogen and oxygen atoms in total. The van der Waals surface area contributed by atoms with Crippen LogP contribution in [0.2, 0.25) is 0 Å². The van der Waals surface area contributed by atoms with Crippen LogP contribution in [0.5, 0.6) is 0 Å². The number of nitrogens with one attached hydrogen (secondary N) is 3. The molecule has 21 heavy (non-hydrogen) atoms. The van der Waals surface area contributed by atoms with E-state index >= 15 is 0 Å². The first-order valence-electron chi connectivity index (χ1n) is 7.47. The zero-order valence-corrected chi connectivity index (χ0v) is 13.1. The van der Waals surface area contributed by atoms with E-state index in [1.165, 1.54) is 5.56 Å². The molecule has 0 unspecified atom stereocenters. The molecule has 1 rings (SSSR count). The summed E-state index contributed by atoms with van der Waals surface area (Å²) in [7, 11) is 0. The molecule has 0 aliphatic carbocycles. The van der Waals surface area contributed by atoms with Gasteiger partial charge in [-0.2, -0.15) is 0 Å². The van der Waals surface area contributed by atoms with Crippen molar-refractivity contribution < 1.29 is 4.79 Å². The van der Waals surface area contributed by atoms with Gasteiger partial charge in [0.2, 0.25) is 5.91 Å². The molecule has 0 aromatic heterocycles. The maximum Gasteiger partial charge on any atom is 0.241 e. The highest BCUT2D eigenvalue weighted by atomic mass is 16.1. The van der Waals surface area contributed by atoms with Crippen LogP contribution in [0.25, 0.3) is 0 Å². The molecule has 0 radical (unpaired) electrons. The van der Waals surface area contributed by atoms with Crippen molar-refractivity contribution in [3.63, 3.8) is 0 Å². The van der Waals surface area contributed by atoms with E-state index in [2.05, 4.69) is 33.1 Å². The van der Waals surface area contributed by atoms with Gasteiger partial charge in [0.25, 0.3) is 0 Å². The second-order valence-electron chi connectivity index (χ2n) is 5.08. The van der Waals surface area contributed by atoms with Gasteiger partial charge in [0.1, 0.15) is 6.54 Å². The number of hydrogen-bond acceptors (Lipinski definition) is 2. The molecular formula is C16H26N4O. The van der Waals surface area contributed by atoms with Gasteiger partial charge < -0.3 is 16.0 Å². The Morgan fingerprint density at radius 1 is 1.19 bits per heavy atom. The standard InChI is InChI=1S/C16H26N4O/c1-4-17-16(20-13(2)3)19-12-15(21)18-11-10-14-8-6-5-7-9-14/h5-9,13H,4,10-12H2,1-3H3,(H,18,21)(H2,17,19,20). The summed E-state index contributed by atoms with van der Waals surface area (Å²) in [5.41, 5.74) is 1.22. The maximum absolute atomic E-state index is 11.8. The summed E-state index contributed by atoms with van der Waals surface area (Å²) in [6.07, 6.45) is 0.834. The highest BCUT2D eigenvalue weighted by molar-refractivity contribution is 5.84. The van der Waals surface area contributed by atoms with Gasteiger partial charge in [0, 0.05) is 19.1 Å². The first-order chi connectivity index (χ1) is 10.1. The highest BCUT2D eigenvalue weighted by Gasteiger charge is 2.03. The molecule has 0 saturated carbocycles. The molecule has 3 N–H and O–H groups in total. The van der Waals surface area contributed by atoms with Crippen molar-refractivity contribution >= 4 is 11.9 Å². The monoisotopic (exact) mass is 290 g/mol. The topological polar surface area (TPSA) is 65.5 Å². The third kappa shape index (κ3) is 7.97. The SMILES string of the molecule is CCNC(=NCC(=O)NCCc1ccccc1)NC(C)C. The van der Waals surface area contributed by atoms with Crippen LogP contribution < -0.4 is 16.0 Å². The van der Waals surface area contributed by atoms with Crippen molar-refractivity contribution in [3.8, 4) is 0 Å². The second kappa shape index (κ2) is 9.80. The van der Waals surface area contributed by atoms with Crippen molar-refractivity contribution in [1.29, 1.82) is 0 Å². The summed E-state index contributed by atoms with van der Waals surface area (Å²) in [5.74, 6) is 0.609. The smallest absolute Gasteiger partial charge is 0.241 e. The van der Waals surface area contributed by atoms with Crippen LogP contribution in [0.3, 0.4) is 0 Å². The zero-order valence-electron chi connectivity index (χ0n) is 13.1. The van der Waals surface area contributed by atoms with Crippen molar-refractivity contribution in [3.05, 3.63) is 35.9 Å². The number of rotatable bonds is 7. The van der Waals surface area contributed by atoms with Gasteiger partial charge in [0.05, 0.1) is 0 Å². The largest absolute Gasteiger partial charge is 0.357 e. The number of benzene rings is 1. The molecule has 0 fully saturated rings. The predicted molar refractivity (Wildman–Crippen MR) is 87.4 cm³/mol. The van der Waals surface area contributed by atoms with E-state index in [0.717, 1.165) is 13.0 Å². The Balaban J connectivity index is 2.31. The van der Waals surface area contributed by atoms with Crippen molar-refractivity contribution in [2.24, 2.45) is 4.99 Å². The summed E-state index contributed by atoms with van der Waals surface area (Å²) in [6.45, 7) is 7.61. The number of amides is 1. The van der Waals surface area contributed by atoms with Crippen molar-refractivity contribution in [2.45, 2.75) is 33.2 Å². The van der Waals surface area contributed by atoms with E-state index in [9.17, 15) is 4.79 Å². The number of guanidine groups is 1. The maximum atomic E-state index is 11.8. The first-order valence-corrected chi connectivity index (χ1v) is 7.47. The van der Waals surface area contributed by atoms with E-state index < -0.39 is 0 Å². The van der Waals surface area contributed by atoms with Crippen molar-refractivity contribution in [2.75, 3.05) is 19.6 Å². The number of hydrogen-bond donors (Lipinski definition) is 3. The minimum Gasteiger partial charge on any atom is -0.357 e. The molecule has 0 aliphatic rings. The molecule has 0 atom stereocenters. The molecule has 0 saturated heterocycles. The van der Waals surface area contributed by atoms with E-state index in [0.29, 0.717) is 12.5 Å². The Kier molecular flexibility index (Phi) is 7.94. The quantitative estimate of drug-likeness (QED) is 0.524. The van der Waals surface area contributed by atoms with Crippen LogP contribution in [-0.4, -0.2) is 37.5 Å². The number of carbonyl (C=O) groups excluding carboxylic acids is 1. The number of aliphatic imine (C=N–C) groups is 1. The van der Waals surface area contributed by atoms with Gasteiger partial charge in [-0.15, -0.1) is 0 Å². The Labute approximate surface area is 127 Å². The van der Waals surface area contributed by atoms with Gasteiger partial charge in [-0.05, 0) is 32.8 Å². The minimum absolute atomic E-state index is 0.0631. The molecule has 1 amide bonds. The van der Waals surface area contributed by atoms with E-state index in [-0.39, 0.29) is 18.5 Å². The van der Waals surface area contributed by atoms with Gasteiger partial charge in [-0.1, -0.05) is 30.3 Å². The molecule has 116 valence electrons. The Hall–Kier alpha value is -2.04. The van der Waals surface area contributed by atoms with Crippen LogP contribution in [0, 0.1) is 0 Å². The lowest BCUT2D eigenvalue weighted by Gasteiger charge is -2.13. The first kappa shape index (κ1) is 17.0. The van der Waals surface area contributed by atoms with Gasteiger partial charge >= 0.3 is 0 Å². The average Bonchev–Trinajstić information content (AvgIpc) is 2.45. The van der Waals surface area contributed by atoms with Gasteiger partial charge in [-0.3, -0.25) is 4.79 Å². The summed E-state index contributed by atoms with van der Waals surface area (Å²) in [5, 5.41) is 9.17. The number of nitrogens with zero attached hydrogens (tertiary/aromatic N) is 1. The molecule has 1 aromatic carbocycles. The molecule has 0 aliphatic heterocycles. The van der Waals surface area contributed by atoms with Crippen LogP contribution in [0.4, 0.5) is 0 Å². The fourth-order valence-corrected chi connectivity index (χ4v) is 1.79. The average molecular weight is 290 g/mol. The third-order valence-electron chi connectivity index (χ3n) is 2.73. The zero-order chi connectivity index (χ0) is 15.5. The van der Waals surface area contributed by atoms with Crippen LogP contribution in [-0.2, 0) is 11.2 Å². The lowest BCUT2D eigenvalue weighted by Crippen LogP contribution is -2.41. The minimum atomic E-state index is -0.0631. The van der Waals surface area contributed by atoms with E-state index in [1.807, 2.05) is 39.0 Å². The Bertz CT molecular complexity index is 443. The van der Waals surface area contributed by atoms with Crippen molar-refractivity contribution in [1.82, 2.24) is 16.0 Å². The molecule has 1 aromatic rings. The van der Waals surface area contributed by atoms with Crippen LogP contribution >= 0.6 is 0 Å². The molecule has 0 heterocycles.